The highest BCUT2D eigenvalue weighted by Gasteiger charge is 2.10. The Morgan fingerprint density at radius 2 is 2.05 bits per heavy atom. The number of nitrogens with zero attached hydrogens (tertiary/aromatic N) is 3. The summed E-state index contributed by atoms with van der Waals surface area (Å²) >= 11 is 1.22. The molecule has 1 heterocycles. The van der Waals surface area contributed by atoms with E-state index in [0.717, 1.165) is 5.56 Å². The van der Waals surface area contributed by atoms with Crippen molar-refractivity contribution in [3.8, 4) is 17.6 Å². The lowest BCUT2D eigenvalue weighted by Gasteiger charge is -2.08. The van der Waals surface area contributed by atoms with Gasteiger partial charge in [-0.05, 0) is 17.7 Å². The highest BCUT2D eigenvalue weighted by molar-refractivity contribution is 7.99. The summed E-state index contributed by atoms with van der Waals surface area (Å²) < 4.78 is 15.9. The summed E-state index contributed by atoms with van der Waals surface area (Å²) in [7, 11) is 3.18. The van der Waals surface area contributed by atoms with Crippen molar-refractivity contribution >= 4 is 11.8 Å². The Labute approximate surface area is 120 Å². The molecule has 0 saturated carbocycles. The van der Waals surface area contributed by atoms with E-state index in [-0.39, 0.29) is 5.75 Å². The molecule has 0 N–H and O–H groups in total. The molecule has 6 nitrogen and oxygen atoms in total. The van der Waals surface area contributed by atoms with E-state index in [4.69, 9.17) is 19.2 Å². The molecule has 104 valence electrons. The van der Waals surface area contributed by atoms with Crippen molar-refractivity contribution in [3.05, 3.63) is 29.7 Å². The number of nitriles is 1. The predicted molar refractivity (Wildman–Crippen MR) is 73.0 cm³/mol. The first kappa shape index (κ1) is 14.2. The van der Waals surface area contributed by atoms with Crippen molar-refractivity contribution in [2.24, 2.45) is 0 Å². The Morgan fingerprint density at radius 3 is 2.75 bits per heavy atom. The first-order valence-corrected chi connectivity index (χ1v) is 6.78. The third-order valence-corrected chi connectivity index (χ3v) is 3.20. The Kier molecular flexibility index (Phi) is 4.85. The van der Waals surface area contributed by atoms with Crippen LogP contribution in [0.2, 0.25) is 0 Å². The molecule has 2 rings (SSSR count). The van der Waals surface area contributed by atoms with Gasteiger partial charge in [-0.15, -0.1) is 10.2 Å². The Morgan fingerprint density at radius 1 is 1.25 bits per heavy atom. The summed E-state index contributed by atoms with van der Waals surface area (Å²) in [4.78, 5) is 0. The van der Waals surface area contributed by atoms with E-state index in [1.54, 1.807) is 14.2 Å². The lowest BCUT2D eigenvalue weighted by atomic mass is 10.1. The van der Waals surface area contributed by atoms with Crippen LogP contribution < -0.4 is 9.47 Å². The fourth-order valence-electron chi connectivity index (χ4n) is 1.63. The molecule has 20 heavy (non-hydrogen) atoms. The Bertz CT molecular complexity index is 622. The molecule has 7 heteroatoms. The monoisotopic (exact) mass is 291 g/mol. The minimum atomic E-state index is 0.290. The number of hydrogen-bond acceptors (Lipinski definition) is 7. The number of benzene rings is 1. The van der Waals surface area contributed by atoms with Crippen LogP contribution in [0.15, 0.2) is 27.8 Å². The normalized spacial score (nSPS) is 10.1. The van der Waals surface area contributed by atoms with Gasteiger partial charge in [0, 0.05) is 0 Å². The second kappa shape index (κ2) is 6.82. The molecule has 0 fully saturated rings. The lowest BCUT2D eigenvalue weighted by Crippen LogP contribution is -1.94. The maximum atomic E-state index is 8.49. The number of hydrogen-bond donors (Lipinski definition) is 0. The standard InChI is InChI=1S/C13H13N3O3S/c1-17-10-4-3-9(7-11(10)18-2)8-12-15-16-13(19-12)20-6-5-14/h3-4,7H,6,8H2,1-2H3. The summed E-state index contributed by atoms with van der Waals surface area (Å²) in [5.41, 5.74) is 0.975. The first-order chi connectivity index (χ1) is 9.76. The fourth-order valence-corrected chi connectivity index (χ4v) is 2.07. The summed E-state index contributed by atoms with van der Waals surface area (Å²) in [6.45, 7) is 0. The van der Waals surface area contributed by atoms with Crippen LogP contribution in [0.5, 0.6) is 11.5 Å². The maximum absolute atomic E-state index is 8.49. The smallest absolute Gasteiger partial charge is 0.277 e. The molecule has 0 atom stereocenters. The van der Waals surface area contributed by atoms with Crippen LogP contribution in [0, 0.1) is 11.3 Å². The third kappa shape index (κ3) is 3.42. The number of rotatable bonds is 6. The van der Waals surface area contributed by atoms with E-state index in [0.29, 0.717) is 29.0 Å². The van der Waals surface area contributed by atoms with Gasteiger partial charge in [0.05, 0.1) is 32.5 Å². The number of aromatic nitrogens is 2. The van der Waals surface area contributed by atoms with E-state index in [1.165, 1.54) is 11.8 Å². The molecule has 1 aromatic carbocycles. The van der Waals surface area contributed by atoms with Crippen LogP contribution in [0.25, 0.3) is 0 Å². The molecule has 0 aliphatic rings. The molecule has 0 amide bonds. The Balaban J connectivity index is 2.10. The van der Waals surface area contributed by atoms with Crippen LogP contribution in [-0.2, 0) is 6.42 Å². The molecule has 0 unspecified atom stereocenters. The van der Waals surface area contributed by atoms with Gasteiger partial charge in [-0.1, -0.05) is 17.8 Å². The minimum Gasteiger partial charge on any atom is -0.493 e. The summed E-state index contributed by atoms with van der Waals surface area (Å²) in [5, 5.41) is 16.7. The van der Waals surface area contributed by atoms with Crippen molar-refractivity contribution in [1.29, 1.82) is 5.26 Å². The maximum Gasteiger partial charge on any atom is 0.277 e. The van der Waals surface area contributed by atoms with E-state index in [9.17, 15) is 0 Å². The van der Waals surface area contributed by atoms with Gasteiger partial charge >= 0.3 is 0 Å². The van der Waals surface area contributed by atoms with E-state index < -0.39 is 0 Å². The largest absolute Gasteiger partial charge is 0.493 e. The van der Waals surface area contributed by atoms with Crippen molar-refractivity contribution in [2.75, 3.05) is 20.0 Å². The van der Waals surface area contributed by atoms with Gasteiger partial charge < -0.3 is 13.9 Å². The van der Waals surface area contributed by atoms with Crippen LogP contribution in [0.3, 0.4) is 0 Å². The fraction of sp³-hybridized carbons (Fsp3) is 0.308. The topological polar surface area (TPSA) is 81.2 Å². The molecule has 0 aliphatic carbocycles. The van der Waals surface area contributed by atoms with Gasteiger partial charge in [0.1, 0.15) is 0 Å². The highest BCUT2D eigenvalue weighted by atomic mass is 32.2. The molecular weight excluding hydrogens is 278 g/mol. The zero-order valence-electron chi connectivity index (χ0n) is 11.1. The van der Waals surface area contributed by atoms with Crippen molar-refractivity contribution in [1.82, 2.24) is 10.2 Å². The number of ether oxygens (including phenoxy) is 2. The zero-order valence-corrected chi connectivity index (χ0v) is 11.9. The summed E-state index contributed by atoms with van der Waals surface area (Å²) in [6.07, 6.45) is 0.500. The van der Waals surface area contributed by atoms with Gasteiger partial charge in [-0.2, -0.15) is 5.26 Å². The zero-order chi connectivity index (χ0) is 14.4. The molecule has 1 aromatic heterocycles. The van der Waals surface area contributed by atoms with Gasteiger partial charge in [-0.25, -0.2) is 0 Å². The molecule has 0 aliphatic heterocycles. The highest BCUT2D eigenvalue weighted by Crippen LogP contribution is 2.28. The Hall–Kier alpha value is -2.20. The summed E-state index contributed by atoms with van der Waals surface area (Å²) in [6, 6.07) is 7.61. The first-order valence-electron chi connectivity index (χ1n) is 5.80. The van der Waals surface area contributed by atoms with Crippen LogP contribution >= 0.6 is 11.8 Å². The van der Waals surface area contributed by atoms with E-state index >= 15 is 0 Å². The van der Waals surface area contributed by atoms with Crippen molar-refractivity contribution in [2.45, 2.75) is 11.6 Å². The van der Waals surface area contributed by atoms with Gasteiger partial charge in [-0.3, -0.25) is 0 Å². The van der Waals surface area contributed by atoms with Crippen molar-refractivity contribution < 1.29 is 13.9 Å². The second-order valence-electron chi connectivity index (χ2n) is 3.77. The van der Waals surface area contributed by atoms with Crippen LogP contribution in [-0.4, -0.2) is 30.2 Å². The number of thioether (sulfide) groups is 1. The van der Waals surface area contributed by atoms with E-state index in [2.05, 4.69) is 10.2 Å². The van der Waals surface area contributed by atoms with Crippen LogP contribution in [0.4, 0.5) is 0 Å². The summed E-state index contributed by atoms with van der Waals surface area (Å²) in [5.74, 6) is 2.12. The second-order valence-corrected chi connectivity index (χ2v) is 4.70. The van der Waals surface area contributed by atoms with E-state index in [1.807, 2.05) is 24.3 Å². The average molecular weight is 291 g/mol. The minimum absolute atomic E-state index is 0.290. The third-order valence-electron chi connectivity index (χ3n) is 2.51. The van der Waals surface area contributed by atoms with Crippen molar-refractivity contribution in [3.63, 3.8) is 0 Å². The average Bonchev–Trinajstić information content (AvgIpc) is 2.92. The van der Waals surface area contributed by atoms with Gasteiger partial charge in [0.2, 0.25) is 5.89 Å². The lowest BCUT2D eigenvalue weighted by molar-refractivity contribution is 0.354. The van der Waals surface area contributed by atoms with Gasteiger partial charge in [0.15, 0.2) is 11.5 Å². The quantitative estimate of drug-likeness (QED) is 0.755. The van der Waals surface area contributed by atoms with Gasteiger partial charge in [0.25, 0.3) is 5.22 Å². The molecule has 0 bridgehead atoms. The number of methoxy groups -OCH3 is 2. The molecule has 0 saturated heterocycles. The molecule has 0 radical (unpaired) electrons. The molecular formula is C13H13N3O3S. The molecule has 2 aromatic rings. The predicted octanol–water partition coefficient (Wildman–Crippen LogP) is 2.29. The molecule has 0 spiro atoms. The SMILES string of the molecule is COc1ccc(Cc2nnc(SCC#N)o2)cc1OC. The van der Waals surface area contributed by atoms with Crippen LogP contribution in [0.1, 0.15) is 11.5 Å².